The standard InChI is InChI=1S/C22H16Cl2N2O4/c1-11-3-5-13(6-4-11)20(27)18-19(14-7-8-15(23)16(24)10-14)26(22(29)21(18)28)17-9-12(2)30-25-17/h3-10,19,27H,1-2H3/b20-18+. The third-order valence-electron chi connectivity index (χ3n) is 4.89. The van der Waals surface area contributed by atoms with Crippen LogP contribution >= 0.6 is 23.2 Å². The number of ketones is 1. The quantitative estimate of drug-likeness (QED) is 0.341. The third-order valence-corrected chi connectivity index (χ3v) is 5.63. The second kappa shape index (κ2) is 7.63. The highest BCUT2D eigenvalue weighted by molar-refractivity contribution is 6.51. The molecular weight excluding hydrogens is 427 g/mol. The Morgan fingerprint density at radius 3 is 2.33 bits per heavy atom. The number of anilines is 1. The molecule has 1 saturated heterocycles. The largest absolute Gasteiger partial charge is 0.507 e. The first kappa shape index (κ1) is 20.2. The van der Waals surface area contributed by atoms with Crippen molar-refractivity contribution in [2.45, 2.75) is 19.9 Å². The molecule has 0 aliphatic carbocycles. The lowest BCUT2D eigenvalue weighted by molar-refractivity contribution is -0.132. The summed E-state index contributed by atoms with van der Waals surface area (Å²) in [7, 11) is 0. The normalized spacial score (nSPS) is 18.3. The summed E-state index contributed by atoms with van der Waals surface area (Å²) in [6.45, 7) is 3.58. The maximum Gasteiger partial charge on any atom is 0.301 e. The van der Waals surface area contributed by atoms with Crippen LogP contribution in [0.3, 0.4) is 0 Å². The third kappa shape index (κ3) is 3.38. The summed E-state index contributed by atoms with van der Waals surface area (Å²) in [5.74, 6) is -1.31. The molecule has 8 heteroatoms. The molecule has 0 saturated carbocycles. The van der Waals surface area contributed by atoms with Crippen LogP contribution < -0.4 is 4.90 Å². The van der Waals surface area contributed by atoms with Gasteiger partial charge in [-0.2, -0.15) is 0 Å². The lowest BCUT2D eigenvalue weighted by Crippen LogP contribution is -2.29. The molecule has 3 aromatic rings. The number of nitrogens with zero attached hydrogens (tertiary/aromatic N) is 2. The van der Waals surface area contributed by atoms with Crippen LogP contribution in [0.4, 0.5) is 5.82 Å². The summed E-state index contributed by atoms with van der Waals surface area (Å²) in [4.78, 5) is 27.1. The Balaban J connectivity index is 1.96. The summed E-state index contributed by atoms with van der Waals surface area (Å²) in [6, 6.07) is 12.3. The average molecular weight is 443 g/mol. The van der Waals surface area contributed by atoms with E-state index in [0.29, 0.717) is 21.9 Å². The fraction of sp³-hybridized carbons (Fsp3) is 0.136. The van der Waals surface area contributed by atoms with Gasteiger partial charge in [0.2, 0.25) is 0 Å². The number of amides is 1. The lowest BCUT2D eigenvalue weighted by Gasteiger charge is -2.23. The number of hydrogen-bond donors (Lipinski definition) is 1. The van der Waals surface area contributed by atoms with E-state index in [2.05, 4.69) is 5.16 Å². The molecule has 1 unspecified atom stereocenters. The summed E-state index contributed by atoms with van der Waals surface area (Å²) < 4.78 is 5.10. The van der Waals surface area contributed by atoms with E-state index >= 15 is 0 Å². The van der Waals surface area contributed by atoms with Crippen molar-refractivity contribution in [2.75, 3.05) is 4.90 Å². The first-order chi connectivity index (χ1) is 14.3. The fourth-order valence-electron chi connectivity index (χ4n) is 3.40. The number of hydrogen-bond acceptors (Lipinski definition) is 5. The number of rotatable bonds is 3. The molecule has 4 rings (SSSR count). The van der Waals surface area contributed by atoms with Crippen molar-refractivity contribution in [3.05, 3.63) is 86.6 Å². The highest BCUT2D eigenvalue weighted by Crippen LogP contribution is 2.43. The molecule has 1 amide bonds. The molecule has 30 heavy (non-hydrogen) atoms. The minimum atomic E-state index is -0.953. The van der Waals surface area contributed by atoms with Gasteiger partial charge in [-0.15, -0.1) is 0 Å². The number of halogens is 2. The van der Waals surface area contributed by atoms with Crippen LogP contribution in [-0.2, 0) is 9.59 Å². The zero-order chi connectivity index (χ0) is 21.6. The number of benzene rings is 2. The molecular formula is C22H16Cl2N2O4. The van der Waals surface area contributed by atoms with Gasteiger partial charge in [-0.1, -0.05) is 64.3 Å². The topological polar surface area (TPSA) is 83.6 Å². The first-order valence-electron chi connectivity index (χ1n) is 9.04. The van der Waals surface area contributed by atoms with Crippen LogP contribution in [0.2, 0.25) is 10.0 Å². The number of carbonyl (C=O) groups excluding carboxylic acids is 2. The van der Waals surface area contributed by atoms with Crippen LogP contribution in [0.15, 0.2) is 58.6 Å². The minimum Gasteiger partial charge on any atom is -0.507 e. The van der Waals surface area contributed by atoms with Crippen molar-refractivity contribution in [1.82, 2.24) is 5.16 Å². The minimum absolute atomic E-state index is 0.0668. The average Bonchev–Trinajstić information content (AvgIpc) is 3.25. The van der Waals surface area contributed by atoms with Gasteiger partial charge >= 0.3 is 5.91 Å². The zero-order valence-electron chi connectivity index (χ0n) is 16.0. The predicted octanol–water partition coefficient (Wildman–Crippen LogP) is 5.22. The molecule has 1 aliphatic heterocycles. The molecule has 0 bridgehead atoms. The van der Waals surface area contributed by atoms with E-state index in [0.717, 1.165) is 5.56 Å². The van der Waals surface area contributed by atoms with E-state index in [-0.39, 0.29) is 22.2 Å². The van der Waals surface area contributed by atoms with Gasteiger partial charge in [0.05, 0.1) is 21.7 Å². The lowest BCUT2D eigenvalue weighted by atomic mass is 9.95. The fourth-order valence-corrected chi connectivity index (χ4v) is 3.71. The zero-order valence-corrected chi connectivity index (χ0v) is 17.5. The van der Waals surface area contributed by atoms with Gasteiger partial charge in [0.1, 0.15) is 11.5 Å². The molecule has 1 atom stereocenters. The molecule has 152 valence electrons. The Morgan fingerprint density at radius 2 is 1.73 bits per heavy atom. The van der Waals surface area contributed by atoms with Crippen LogP contribution in [-0.4, -0.2) is 22.0 Å². The molecule has 6 nitrogen and oxygen atoms in total. The van der Waals surface area contributed by atoms with Crippen molar-refractivity contribution in [3.63, 3.8) is 0 Å². The van der Waals surface area contributed by atoms with E-state index in [4.69, 9.17) is 27.7 Å². The number of aromatic nitrogens is 1. The second-order valence-corrected chi connectivity index (χ2v) is 7.82. The maximum absolute atomic E-state index is 13.0. The Hall–Kier alpha value is -3.09. The molecule has 1 aliphatic rings. The summed E-state index contributed by atoms with van der Waals surface area (Å²) >= 11 is 12.2. The molecule has 2 heterocycles. The molecule has 1 aromatic heterocycles. The highest BCUT2D eigenvalue weighted by Gasteiger charge is 2.48. The van der Waals surface area contributed by atoms with E-state index in [9.17, 15) is 14.7 Å². The van der Waals surface area contributed by atoms with Crippen molar-refractivity contribution in [1.29, 1.82) is 0 Å². The number of aliphatic hydroxyl groups excluding tert-OH is 1. The molecule has 1 fully saturated rings. The smallest absolute Gasteiger partial charge is 0.301 e. The first-order valence-corrected chi connectivity index (χ1v) is 9.80. The van der Waals surface area contributed by atoms with Crippen LogP contribution in [0.25, 0.3) is 5.76 Å². The van der Waals surface area contributed by atoms with Crippen LogP contribution in [0, 0.1) is 13.8 Å². The number of aliphatic hydroxyl groups is 1. The highest BCUT2D eigenvalue weighted by atomic mass is 35.5. The number of Topliss-reactive ketones (excluding diaryl/α,β-unsaturated/α-hetero) is 1. The van der Waals surface area contributed by atoms with Crippen molar-refractivity contribution >= 4 is 46.5 Å². The summed E-state index contributed by atoms with van der Waals surface area (Å²) in [5.41, 5.74) is 1.84. The Labute approximate surface area is 182 Å². The van der Waals surface area contributed by atoms with Crippen molar-refractivity contribution in [2.24, 2.45) is 0 Å². The summed E-state index contributed by atoms with van der Waals surface area (Å²) in [6.07, 6.45) is 0. The Bertz CT molecular complexity index is 1200. The molecule has 2 aromatic carbocycles. The van der Waals surface area contributed by atoms with Gasteiger partial charge < -0.3 is 9.63 Å². The van der Waals surface area contributed by atoms with Gasteiger partial charge in [-0.05, 0) is 31.5 Å². The van der Waals surface area contributed by atoms with Crippen LogP contribution in [0.5, 0.6) is 0 Å². The number of aryl methyl sites for hydroxylation is 2. The number of carbonyl (C=O) groups is 2. The SMILES string of the molecule is Cc1ccc(/C(O)=C2\C(=O)C(=O)N(c3cc(C)on3)C2c2ccc(Cl)c(Cl)c2)cc1. The second-order valence-electron chi connectivity index (χ2n) is 7.00. The van der Waals surface area contributed by atoms with Gasteiger partial charge in [0, 0.05) is 11.6 Å². The summed E-state index contributed by atoms with van der Waals surface area (Å²) in [5, 5.41) is 15.5. The van der Waals surface area contributed by atoms with Gasteiger partial charge in [0.25, 0.3) is 5.78 Å². The van der Waals surface area contributed by atoms with E-state index < -0.39 is 17.7 Å². The van der Waals surface area contributed by atoms with E-state index in [1.807, 2.05) is 6.92 Å². The monoisotopic (exact) mass is 442 g/mol. The van der Waals surface area contributed by atoms with Crippen LogP contribution in [0.1, 0.15) is 28.5 Å². The van der Waals surface area contributed by atoms with Gasteiger partial charge in [-0.25, -0.2) is 0 Å². The van der Waals surface area contributed by atoms with E-state index in [1.54, 1.807) is 55.5 Å². The molecule has 0 radical (unpaired) electrons. The van der Waals surface area contributed by atoms with Crippen molar-refractivity contribution < 1.29 is 19.2 Å². The van der Waals surface area contributed by atoms with E-state index in [1.165, 1.54) is 4.90 Å². The van der Waals surface area contributed by atoms with Gasteiger partial charge in [-0.3, -0.25) is 14.5 Å². The Kier molecular flexibility index (Phi) is 5.13. The maximum atomic E-state index is 13.0. The van der Waals surface area contributed by atoms with Gasteiger partial charge in [0.15, 0.2) is 5.82 Å². The predicted molar refractivity (Wildman–Crippen MR) is 114 cm³/mol. The van der Waals surface area contributed by atoms with Crippen molar-refractivity contribution in [3.8, 4) is 0 Å². The Morgan fingerprint density at radius 1 is 1.03 bits per heavy atom. The molecule has 1 N–H and O–H groups in total. The molecule has 0 spiro atoms.